The molecule has 3 atom stereocenters. The number of aromatic nitrogens is 7. The number of aryl methyl sites for hydroxylation is 1. The summed E-state index contributed by atoms with van der Waals surface area (Å²) < 4.78 is 18.6. The van der Waals surface area contributed by atoms with Crippen LogP contribution in [-0.4, -0.2) is 64.0 Å². The van der Waals surface area contributed by atoms with Gasteiger partial charge in [-0.05, 0) is 25.8 Å². The van der Waals surface area contributed by atoms with E-state index in [0.29, 0.717) is 23.4 Å². The van der Waals surface area contributed by atoms with E-state index in [1.54, 1.807) is 24.1 Å². The predicted octanol–water partition coefficient (Wildman–Crippen LogP) is 2.28. The number of rotatable bonds is 6. The third-order valence-corrected chi connectivity index (χ3v) is 7.26. The molecule has 1 saturated heterocycles. The summed E-state index contributed by atoms with van der Waals surface area (Å²) in [6, 6.07) is 4.17. The van der Waals surface area contributed by atoms with E-state index in [1.165, 1.54) is 15.3 Å². The molecule has 0 spiro atoms. The van der Waals surface area contributed by atoms with Gasteiger partial charge >= 0.3 is 5.69 Å². The molecule has 0 saturated carbocycles. The molecule has 0 bridgehead atoms. The number of fused-ring (bicyclic) bond motifs is 2. The summed E-state index contributed by atoms with van der Waals surface area (Å²) in [6.45, 7) is 7.82. The highest BCUT2D eigenvalue weighted by atomic mass is 19.1. The molecule has 5 heterocycles. The zero-order valence-corrected chi connectivity index (χ0v) is 20.8. The van der Waals surface area contributed by atoms with Gasteiger partial charge in [0.25, 0.3) is 0 Å². The van der Waals surface area contributed by atoms with E-state index >= 15 is 0 Å². The number of piperazine rings is 1. The average molecular weight is 493 g/mol. The van der Waals surface area contributed by atoms with Crippen LogP contribution in [0.5, 0.6) is 0 Å². The molecule has 1 fully saturated rings. The lowest BCUT2D eigenvalue weighted by Gasteiger charge is -2.48. The topological polar surface area (TPSA) is 113 Å². The molecular weight excluding hydrogens is 463 g/mol. The third kappa shape index (κ3) is 3.89. The summed E-state index contributed by atoms with van der Waals surface area (Å²) in [5.74, 6) is 0.118. The van der Waals surface area contributed by atoms with Crippen LogP contribution in [0.4, 0.5) is 10.2 Å². The van der Waals surface area contributed by atoms with E-state index in [-0.39, 0.29) is 36.0 Å². The fraction of sp³-hybridized carbons (Fsp3) is 0.500. The molecule has 0 aromatic carbocycles. The van der Waals surface area contributed by atoms with Gasteiger partial charge in [-0.1, -0.05) is 13.8 Å². The van der Waals surface area contributed by atoms with Crippen LogP contribution in [0.25, 0.3) is 16.7 Å². The van der Waals surface area contributed by atoms with E-state index < -0.39 is 5.82 Å². The number of nitrogens with zero attached hydrogens (tertiary/aromatic N) is 10. The van der Waals surface area contributed by atoms with Crippen molar-refractivity contribution in [3.8, 4) is 6.07 Å². The molecule has 4 aromatic heterocycles. The first-order valence-electron chi connectivity index (χ1n) is 12.2. The van der Waals surface area contributed by atoms with Crippen LogP contribution >= 0.6 is 0 Å². The van der Waals surface area contributed by atoms with E-state index in [0.717, 1.165) is 25.1 Å². The van der Waals surface area contributed by atoms with Crippen molar-refractivity contribution in [1.29, 1.82) is 5.26 Å². The summed E-state index contributed by atoms with van der Waals surface area (Å²) in [4.78, 5) is 26.3. The molecule has 5 rings (SSSR count). The van der Waals surface area contributed by atoms with Gasteiger partial charge in [0, 0.05) is 44.5 Å². The van der Waals surface area contributed by atoms with Gasteiger partial charge in [-0.15, -0.1) is 0 Å². The van der Waals surface area contributed by atoms with Crippen molar-refractivity contribution in [2.24, 2.45) is 7.05 Å². The minimum absolute atomic E-state index is 0.0445. The summed E-state index contributed by atoms with van der Waals surface area (Å²) in [5.41, 5.74) is 1.92. The molecule has 36 heavy (non-hydrogen) atoms. The van der Waals surface area contributed by atoms with Crippen LogP contribution in [0.2, 0.25) is 0 Å². The lowest BCUT2D eigenvalue weighted by Crippen LogP contribution is -2.59. The Bertz CT molecular complexity index is 1520. The molecule has 1 aliphatic rings. The fourth-order valence-corrected chi connectivity index (χ4v) is 5.17. The van der Waals surface area contributed by atoms with Gasteiger partial charge in [0.15, 0.2) is 22.8 Å². The standard InChI is InChI=1S/C24H29FN10O/c1-5-16-13-34(23-21-20(31(4)24(36)29-23)14-32(30-21)10-8-26)17(6-2)12-33(16)15(3)19-7-9-35-22(28-19)18(25)11-27-35/h7,9,11,14-17H,5-6,10,12-13H2,1-4H3/t15-,16-,17+/m1/s1. The first-order valence-corrected chi connectivity index (χ1v) is 12.2. The van der Waals surface area contributed by atoms with Gasteiger partial charge in [-0.25, -0.2) is 18.7 Å². The molecule has 11 nitrogen and oxygen atoms in total. The van der Waals surface area contributed by atoms with Gasteiger partial charge in [0.1, 0.15) is 6.54 Å². The largest absolute Gasteiger partial charge is 0.349 e. The molecule has 0 radical (unpaired) electrons. The van der Waals surface area contributed by atoms with Gasteiger partial charge in [-0.2, -0.15) is 20.4 Å². The van der Waals surface area contributed by atoms with Crippen LogP contribution in [0.15, 0.2) is 29.5 Å². The van der Waals surface area contributed by atoms with Gasteiger partial charge in [0.05, 0.1) is 29.7 Å². The molecule has 1 aliphatic heterocycles. The predicted molar refractivity (Wildman–Crippen MR) is 132 cm³/mol. The summed E-state index contributed by atoms with van der Waals surface area (Å²) in [7, 11) is 1.67. The van der Waals surface area contributed by atoms with Crippen molar-refractivity contribution in [3.63, 3.8) is 0 Å². The van der Waals surface area contributed by atoms with Crippen LogP contribution in [0.3, 0.4) is 0 Å². The first-order chi connectivity index (χ1) is 17.4. The monoisotopic (exact) mass is 492 g/mol. The highest BCUT2D eigenvalue weighted by molar-refractivity contribution is 5.85. The number of anilines is 1. The maximum absolute atomic E-state index is 14.1. The summed E-state index contributed by atoms with van der Waals surface area (Å²) in [6.07, 6.45) is 6.34. The SMILES string of the molecule is CC[C@H]1CN([C@H](C)c2ccn3ncc(F)c3n2)[C@H](CC)CN1c1nc(=O)n(C)c2cn(CC#N)nc12. The van der Waals surface area contributed by atoms with Gasteiger partial charge < -0.3 is 4.90 Å². The Morgan fingerprint density at radius 2 is 2.00 bits per heavy atom. The van der Waals surface area contributed by atoms with Crippen LogP contribution in [-0.2, 0) is 13.6 Å². The zero-order valence-electron chi connectivity index (χ0n) is 20.8. The number of hydrogen-bond donors (Lipinski definition) is 0. The minimum atomic E-state index is -0.441. The summed E-state index contributed by atoms with van der Waals surface area (Å²) in [5, 5.41) is 17.7. The molecule has 0 amide bonds. The Morgan fingerprint density at radius 3 is 2.72 bits per heavy atom. The lowest BCUT2D eigenvalue weighted by atomic mass is 9.99. The Labute approximate surface area is 207 Å². The lowest BCUT2D eigenvalue weighted by molar-refractivity contribution is 0.0988. The maximum Gasteiger partial charge on any atom is 0.349 e. The van der Waals surface area contributed by atoms with Crippen molar-refractivity contribution in [1.82, 2.24) is 38.8 Å². The normalized spacial score (nSPS) is 19.7. The summed E-state index contributed by atoms with van der Waals surface area (Å²) >= 11 is 0. The highest BCUT2D eigenvalue weighted by Crippen LogP contribution is 2.33. The Kier molecular flexibility index (Phi) is 6.17. The van der Waals surface area contributed by atoms with Gasteiger partial charge in [0.2, 0.25) is 0 Å². The molecule has 0 unspecified atom stereocenters. The van der Waals surface area contributed by atoms with Crippen molar-refractivity contribution < 1.29 is 4.39 Å². The number of halogens is 1. The van der Waals surface area contributed by atoms with E-state index in [4.69, 9.17) is 5.26 Å². The number of hydrogen-bond acceptors (Lipinski definition) is 8. The first kappa shape index (κ1) is 23.9. The van der Waals surface area contributed by atoms with Crippen molar-refractivity contribution in [3.05, 3.63) is 46.7 Å². The second kappa shape index (κ2) is 9.31. The zero-order chi connectivity index (χ0) is 25.6. The Hall–Kier alpha value is -3.85. The van der Waals surface area contributed by atoms with E-state index in [2.05, 4.69) is 56.8 Å². The molecule has 188 valence electrons. The molecule has 0 aliphatic carbocycles. The van der Waals surface area contributed by atoms with E-state index in [9.17, 15) is 9.18 Å². The van der Waals surface area contributed by atoms with Crippen molar-refractivity contribution in [2.45, 2.75) is 58.3 Å². The fourth-order valence-electron chi connectivity index (χ4n) is 5.17. The van der Waals surface area contributed by atoms with Crippen LogP contribution < -0.4 is 10.6 Å². The smallest absolute Gasteiger partial charge is 0.349 e. The highest BCUT2D eigenvalue weighted by Gasteiger charge is 2.37. The van der Waals surface area contributed by atoms with Crippen LogP contribution in [0, 0.1) is 17.1 Å². The molecular formula is C24H29FN10O. The molecule has 12 heteroatoms. The van der Waals surface area contributed by atoms with Crippen molar-refractivity contribution in [2.75, 3.05) is 18.0 Å². The van der Waals surface area contributed by atoms with Crippen molar-refractivity contribution >= 4 is 22.5 Å². The second-order valence-corrected chi connectivity index (χ2v) is 9.26. The number of nitriles is 1. The second-order valence-electron chi connectivity index (χ2n) is 9.26. The Balaban J connectivity index is 1.51. The average Bonchev–Trinajstić information content (AvgIpc) is 3.48. The molecule has 4 aromatic rings. The minimum Gasteiger partial charge on any atom is -0.349 e. The third-order valence-electron chi connectivity index (χ3n) is 7.26. The van der Waals surface area contributed by atoms with E-state index in [1.807, 2.05) is 6.07 Å². The quantitative estimate of drug-likeness (QED) is 0.403. The van der Waals surface area contributed by atoms with Gasteiger partial charge in [-0.3, -0.25) is 14.1 Å². The Morgan fingerprint density at radius 1 is 1.22 bits per heavy atom. The molecule has 0 N–H and O–H groups in total. The van der Waals surface area contributed by atoms with Crippen LogP contribution in [0.1, 0.15) is 45.3 Å². The maximum atomic E-state index is 14.1.